The molecule has 0 aromatic carbocycles. The van der Waals surface area contributed by atoms with E-state index < -0.39 is 49.5 Å². The predicted octanol–water partition coefficient (Wildman–Crippen LogP) is 17.5. The summed E-state index contributed by atoms with van der Waals surface area (Å²) >= 11 is 0. The molecule has 0 spiro atoms. The van der Waals surface area contributed by atoms with Gasteiger partial charge in [0.1, 0.15) is 24.4 Å². The number of aliphatic hydroxyl groups excluding tert-OH is 5. The van der Waals surface area contributed by atoms with E-state index in [0.29, 0.717) is 6.42 Å². The predicted molar refractivity (Wildman–Crippen MR) is 340 cm³/mol. The quantitative estimate of drug-likeness (QED) is 0.0261. The summed E-state index contributed by atoms with van der Waals surface area (Å²) in [5.41, 5.74) is 0. The zero-order valence-corrected chi connectivity index (χ0v) is 51.0. The molecule has 0 bridgehead atoms. The van der Waals surface area contributed by atoms with Crippen LogP contribution in [0.4, 0.5) is 0 Å². The van der Waals surface area contributed by atoms with Crippen molar-refractivity contribution in [3.63, 3.8) is 0 Å². The molecule has 0 aromatic heterocycles. The number of nitrogens with one attached hydrogen (secondary N) is 1. The first-order valence-corrected chi connectivity index (χ1v) is 32.8. The monoisotopic (exact) mass is 1120 g/mol. The lowest BCUT2D eigenvalue weighted by molar-refractivity contribution is -0.302. The Bertz CT molecular complexity index is 1670. The number of rotatable bonds is 55. The molecule has 458 valence electrons. The van der Waals surface area contributed by atoms with Gasteiger partial charge in [0.2, 0.25) is 5.91 Å². The van der Waals surface area contributed by atoms with Crippen LogP contribution in [0.5, 0.6) is 0 Å². The first kappa shape index (κ1) is 74.6. The van der Waals surface area contributed by atoms with Crippen LogP contribution in [-0.2, 0) is 14.3 Å². The van der Waals surface area contributed by atoms with E-state index in [0.717, 1.165) is 89.9 Å². The second kappa shape index (κ2) is 58.8. The summed E-state index contributed by atoms with van der Waals surface area (Å²) in [6.45, 7) is 3.65. The number of hydrogen-bond acceptors (Lipinski definition) is 8. The van der Waals surface area contributed by atoms with E-state index in [1.165, 1.54) is 154 Å². The van der Waals surface area contributed by atoms with Crippen LogP contribution in [-0.4, -0.2) is 87.5 Å². The molecule has 0 aromatic rings. The van der Waals surface area contributed by atoms with E-state index in [2.05, 4.69) is 129 Å². The number of unbranched alkanes of at least 4 members (excludes halogenated alkanes) is 27. The number of ether oxygens (including phenoxy) is 2. The Morgan fingerprint density at radius 1 is 0.438 bits per heavy atom. The minimum absolute atomic E-state index is 0.195. The summed E-state index contributed by atoms with van der Waals surface area (Å²) in [5, 5.41) is 54.6. The van der Waals surface area contributed by atoms with Crippen molar-refractivity contribution >= 4 is 5.91 Å². The van der Waals surface area contributed by atoms with E-state index in [1.54, 1.807) is 6.08 Å². The Balaban J connectivity index is 2.19. The highest BCUT2D eigenvalue weighted by Crippen LogP contribution is 2.23. The lowest BCUT2D eigenvalue weighted by Crippen LogP contribution is -2.60. The van der Waals surface area contributed by atoms with E-state index in [-0.39, 0.29) is 12.5 Å². The lowest BCUT2D eigenvalue weighted by atomic mass is 9.99. The average molecular weight is 1120 g/mol. The summed E-state index contributed by atoms with van der Waals surface area (Å²) in [6, 6.07) is -0.837. The summed E-state index contributed by atoms with van der Waals surface area (Å²) in [7, 11) is 0. The molecule has 6 N–H and O–H groups in total. The molecule has 80 heavy (non-hydrogen) atoms. The SMILES string of the molecule is CC/C=C\C/C=C\C/C=C\C/C=C\C/C=C\C/C=C\C/C=C\CCCCCCCCCCCCCCCC(=O)NC(COC1OC(CO)C(O)C(O)C1O)C(O)/C=C/CC/C=C/CC/C=C/CCCCCCCCCCCCCC. The average Bonchev–Trinajstić information content (AvgIpc) is 3.46. The summed E-state index contributed by atoms with van der Waals surface area (Å²) < 4.78 is 11.3. The van der Waals surface area contributed by atoms with Gasteiger partial charge in [0.25, 0.3) is 0 Å². The van der Waals surface area contributed by atoms with E-state index in [1.807, 2.05) is 6.08 Å². The van der Waals surface area contributed by atoms with Crippen LogP contribution in [0.15, 0.2) is 122 Å². The topological polar surface area (TPSA) is 149 Å². The van der Waals surface area contributed by atoms with Gasteiger partial charge in [-0.1, -0.05) is 277 Å². The summed E-state index contributed by atoms with van der Waals surface area (Å²) in [5.74, 6) is -0.195. The Morgan fingerprint density at radius 3 is 1.20 bits per heavy atom. The van der Waals surface area contributed by atoms with Crippen molar-refractivity contribution in [2.75, 3.05) is 13.2 Å². The van der Waals surface area contributed by atoms with Crippen molar-refractivity contribution in [2.45, 2.75) is 307 Å². The van der Waals surface area contributed by atoms with Crippen LogP contribution >= 0.6 is 0 Å². The van der Waals surface area contributed by atoms with Crippen molar-refractivity contribution in [3.05, 3.63) is 122 Å². The second-order valence-electron chi connectivity index (χ2n) is 22.2. The second-order valence-corrected chi connectivity index (χ2v) is 22.2. The maximum atomic E-state index is 13.1. The number of amides is 1. The van der Waals surface area contributed by atoms with Gasteiger partial charge >= 0.3 is 0 Å². The first-order chi connectivity index (χ1) is 39.3. The van der Waals surface area contributed by atoms with Gasteiger partial charge in [0, 0.05) is 6.42 Å². The van der Waals surface area contributed by atoms with E-state index >= 15 is 0 Å². The van der Waals surface area contributed by atoms with Crippen molar-refractivity contribution in [1.82, 2.24) is 5.32 Å². The molecule has 1 heterocycles. The fourth-order valence-electron chi connectivity index (χ4n) is 9.64. The summed E-state index contributed by atoms with van der Waals surface area (Å²) in [4.78, 5) is 13.1. The fraction of sp³-hybridized carbons (Fsp3) is 0.704. The van der Waals surface area contributed by atoms with Crippen LogP contribution in [0.3, 0.4) is 0 Å². The Hall–Kier alpha value is -3.41. The zero-order chi connectivity index (χ0) is 57.9. The molecule has 1 amide bonds. The molecule has 7 atom stereocenters. The highest BCUT2D eigenvalue weighted by molar-refractivity contribution is 5.76. The highest BCUT2D eigenvalue weighted by atomic mass is 16.7. The minimum atomic E-state index is -1.58. The van der Waals surface area contributed by atoms with Gasteiger partial charge in [0.15, 0.2) is 6.29 Å². The molecule has 1 saturated heterocycles. The number of carbonyl (C=O) groups is 1. The standard InChI is InChI=1S/C71H121NO8/c1-3-5-7-9-11-13-15-17-19-21-23-25-27-28-29-30-31-32-33-34-35-36-37-38-39-41-43-45-47-49-51-53-55-57-59-61-67(75)72-64(63-79-71-70(78)69(77)68(76)66(62-73)80-71)65(74)60-58-56-54-52-50-48-46-44-42-40-26-24-22-20-18-16-14-12-10-8-6-4-2/h5,7,11,13,17,19,23,25,28-29,31-32,34-35,42,44,50,52,58,60,64-66,68-71,73-74,76-78H,3-4,6,8-10,12,14-16,18,20-22,24,26-27,30,33,36-41,43,45-49,51,53-57,59,61-63H2,1-2H3,(H,72,75)/b7-5-,13-11-,19-17-,25-23-,29-28-,32-31-,35-34-,44-42+,52-50+,60-58+. The van der Waals surface area contributed by atoms with Gasteiger partial charge in [-0.2, -0.15) is 0 Å². The van der Waals surface area contributed by atoms with Crippen molar-refractivity contribution in [3.8, 4) is 0 Å². The molecule has 0 radical (unpaired) electrons. The summed E-state index contributed by atoms with van der Waals surface area (Å²) in [6.07, 6.45) is 81.4. The smallest absolute Gasteiger partial charge is 0.220 e. The van der Waals surface area contributed by atoms with Crippen LogP contribution in [0.1, 0.15) is 264 Å². The molecule has 9 nitrogen and oxygen atoms in total. The van der Waals surface area contributed by atoms with Crippen molar-refractivity contribution in [1.29, 1.82) is 0 Å². The van der Waals surface area contributed by atoms with Crippen LogP contribution < -0.4 is 5.32 Å². The van der Waals surface area contributed by atoms with Crippen LogP contribution in [0.25, 0.3) is 0 Å². The van der Waals surface area contributed by atoms with Crippen LogP contribution in [0, 0.1) is 0 Å². The third-order valence-electron chi connectivity index (χ3n) is 14.7. The Kier molecular flexibility index (Phi) is 54.8. The Morgan fingerprint density at radius 2 is 0.787 bits per heavy atom. The number of carbonyl (C=O) groups excluding carboxylic acids is 1. The molecule has 1 aliphatic heterocycles. The molecular weight excluding hydrogens is 995 g/mol. The third kappa shape index (κ3) is 47.1. The Labute approximate surface area is 490 Å². The number of hydrogen-bond donors (Lipinski definition) is 6. The highest BCUT2D eigenvalue weighted by Gasteiger charge is 2.44. The normalized spacial score (nSPS) is 19.3. The number of aliphatic hydroxyl groups is 5. The first-order valence-electron chi connectivity index (χ1n) is 32.8. The molecule has 1 aliphatic rings. The van der Waals surface area contributed by atoms with E-state index in [4.69, 9.17) is 9.47 Å². The van der Waals surface area contributed by atoms with Gasteiger partial charge in [-0.05, 0) is 103 Å². The molecule has 1 fully saturated rings. The molecule has 1 rings (SSSR count). The number of allylic oxidation sites excluding steroid dienone is 19. The maximum absolute atomic E-state index is 13.1. The third-order valence-corrected chi connectivity index (χ3v) is 14.7. The van der Waals surface area contributed by atoms with Gasteiger partial charge in [-0.15, -0.1) is 0 Å². The van der Waals surface area contributed by atoms with Crippen molar-refractivity contribution in [2.24, 2.45) is 0 Å². The zero-order valence-electron chi connectivity index (χ0n) is 51.0. The van der Waals surface area contributed by atoms with Gasteiger partial charge in [-0.25, -0.2) is 0 Å². The molecular formula is C71H121NO8. The van der Waals surface area contributed by atoms with Crippen LogP contribution in [0.2, 0.25) is 0 Å². The fourth-order valence-corrected chi connectivity index (χ4v) is 9.64. The van der Waals surface area contributed by atoms with Gasteiger partial charge < -0.3 is 40.3 Å². The van der Waals surface area contributed by atoms with Gasteiger partial charge in [0.05, 0.1) is 25.4 Å². The van der Waals surface area contributed by atoms with E-state index in [9.17, 15) is 30.3 Å². The molecule has 0 saturated carbocycles. The molecule has 0 aliphatic carbocycles. The molecule has 9 heteroatoms. The lowest BCUT2D eigenvalue weighted by Gasteiger charge is -2.40. The van der Waals surface area contributed by atoms with Crippen molar-refractivity contribution < 1.29 is 39.8 Å². The largest absolute Gasteiger partial charge is 0.394 e. The van der Waals surface area contributed by atoms with Gasteiger partial charge in [-0.3, -0.25) is 4.79 Å². The minimum Gasteiger partial charge on any atom is -0.394 e. The maximum Gasteiger partial charge on any atom is 0.220 e. The molecule has 7 unspecified atom stereocenters.